The van der Waals surface area contributed by atoms with Gasteiger partial charge in [0.15, 0.2) is 0 Å². The molecule has 2 nitrogen and oxygen atoms in total. The lowest BCUT2D eigenvalue weighted by Gasteiger charge is -2.27. The van der Waals surface area contributed by atoms with E-state index in [0.717, 1.165) is 6.54 Å². The van der Waals surface area contributed by atoms with Crippen molar-refractivity contribution in [3.05, 3.63) is 46.2 Å². The minimum atomic E-state index is 0.611. The summed E-state index contributed by atoms with van der Waals surface area (Å²) in [4.78, 5) is 5.28. The van der Waals surface area contributed by atoms with Gasteiger partial charge in [0.2, 0.25) is 0 Å². The molecule has 0 saturated heterocycles. The minimum Gasteiger partial charge on any atom is -0.363 e. The molecule has 0 bridgehead atoms. The lowest BCUT2D eigenvalue weighted by Crippen LogP contribution is -2.26. The maximum Gasteiger partial charge on any atom is 0.0526 e. The van der Waals surface area contributed by atoms with E-state index in [2.05, 4.69) is 46.9 Å². The first-order chi connectivity index (χ1) is 9.83. The standard InChI is InChI=1S/C16H20N2S2/c1-19-16-6-2-5-15(14(16)10-17)18(12-7-8-12)11-13-4-3-9-20-13/h2-6,9,12H,7-8,10-11,17H2,1H3. The Labute approximate surface area is 129 Å². The molecule has 1 aliphatic carbocycles. The zero-order valence-corrected chi connectivity index (χ0v) is 13.3. The van der Waals surface area contributed by atoms with Gasteiger partial charge in [0.25, 0.3) is 0 Å². The highest BCUT2D eigenvalue weighted by Gasteiger charge is 2.30. The van der Waals surface area contributed by atoms with Gasteiger partial charge in [-0.15, -0.1) is 23.1 Å². The van der Waals surface area contributed by atoms with Crippen LogP contribution in [0.4, 0.5) is 5.69 Å². The van der Waals surface area contributed by atoms with Crippen molar-refractivity contribution in [3.8, 4) is 0 Å². The van der Waals surface area contributed by atoms with Gasteiger partial charge < -0.3 is 10.6 Å². The Hall–Kier alpha value is -0.970. The van der Waals surface area contributed by atoms with Gasteiger partial charge in [-0.05, 0) is 42.7 Å². The van der Waals surface area contributed by atoms with Crippen LogP contribution in [0.5, 0.6) is 0 Å². The second kappa shape index (κ2) is 6.20. The normalized spacial score (nSPS) is 14.5. The molecule has 3 rings (SSSR count). The van der Waals surface area contributed by atoms with Crippen LogP contribution in [0.15, 0.2) is 40.6 Å². The van der Waals surface area contributed by atoms with E-state index in [1.165, 1.54) is 33.9 Å². The first-order valence-corrected chi connectivity index (χ1v) is 9.09. The first kappa shape index (κ1) is 14.0. The van der Waals surface area contributed by atoms with Crippen LogP contribution in [0.2, 0.25) is 0 Å². The Balaban J connectivity index is 1.95. The molecule has 0 aliphatic heterocycles. The predicted octanol–water partition coefficient (Wildman–Crippen LogP) is 4.10. The number of hydrogen-bond acceptors (Lipinski definition) is 4. The third-order valence-electron chi connectivity index (χ3n) is 3.74. The van der Waals surface area contributed by atoms with E-state index in [9.17, 15) is 0 Å². The summed E-state index contributed by atoms with van der Waals surface area (Å²) >= 11 is 3.62. The zero-order chi connectivity index (χ0) is 13.9. The Bertz CT molecular complexity index is 562. The molecular weight excluding hydrogens is 284 g/mol. The number of rotatable bonds is 6. The van der Waals surface area contributed by atoms with Crippen LogP contribution in [-0.2, 0) is 13.1 Å². The van der Waals surface area contributed by atoms with Crippen LogP contribution in [0.3, 0.4) is 0 Å². The van der Waals surface area contributed by atoms with Gasteiger partial charge in [0, 0.05) is 33.6 Å². The highest BCUT2D eigenvalue weighted by atomic mass is 32.2. The van der Waals surface area contributed by atoms with Crippen molar-refractivity contribution >= 4 is 28.8 Å². The van der Waals surface area contributed by atoms with Gasteiger partial charge in [-0.1, -0.05) is 12.1 Å². The fourth-order valence-electron chi connectivity index (χ4n) is 2.59. The third kappa shape index (κ3) is 2.87. The van der Waals surface area contributed by atoms with Crippen LogP contribution in [0.25, 0.3) is 0 Å². The topological polar surface area (TPSA) is 29.3 Å². The zero-order valence-electron chi connectivity index (χ0n) is 11.7. The molecule has 2 N–H and O–H groups in total. The number of hydrogen-bond donors (Lipinski definition) is 1. The van der Waals surface area contributed by atoms with Gasteiger partial charge >= 0.3 is 0 Å². The van der Waals surface area contributed by atoms with E-state index in [-0.39, 0.29) is 0 Å². The summed E-state index contributed by atoms with van der Waals surface area (Å²) in [5, 5.41) is 2.16. The monoisotopic (exact) mass is 304 g/mol. The fourth-order valence-corrected chi connectivity index (χ4v) is 3.94. The fraction of sp³-hybridized carbons (Fsp3) is 0.375. The molecule has 0 radical (unpaired) electrons. The van der Waals surface area contributed by atoms with Crippen LogP contribution in [0, 0.1) is 0 Å². The first-order valence-electron chi connectivity index (χ1n) is 6.98. The maximum absolute atomic E-state index is 6.02. The molecule has 4 heteroatoms. The number of thiophene rings is 1. The van der Waals surface area contributed by atoms with Crippen molar-refractivity contribution in [1.29, 1.82) is 0 Å². The summed E-state index contributed by atoms with van der Waals surface area (Å²) in [6, 6.07) is 11.6. The predicted molar refractivity (Wildman–Crippen MR) is 89.6 cm³/mol. The quantitative estimate of drug-likeness (QED) is 0.815. The molecule has 1 aliphatic rings. The Kier molecular flexibility index (Phi) is 4.34. The van der Waals surface area contributed by atoms with Crippen LogP contribution < -0.4 is 10.6 Å². The largest absolute Gasteiger partial charge is 0.363 e. The highest BCUT2D eigenvalue weighted by Crippen LogP contribution is 2.38. The summed E-state index contributed by atoms with van der Waals surface area (Å²) in [6.45, 7) is 1.62. The molecule has 0 amide bonds. The Morgan fingerprint density at radius 2 is 2.15 bits per heavy atom. The molecule has 1 saturated carbocycles. The van der Waals surface area contributed by atoms with E-state index in [0.29, 0.717) is 12.6 Å². The van der Waals surface area contributed by atoms with Gasteiger partial charge in [0.05, 0.1) is 6.54 Å². The average Bonchev–Trinajstić information content (AvgIpc) is 3.20. The summed E-state index contributed by atoms with van der Waals surface area (Å²) in [5.74, 6) is 0. The van der Waals surface area contributed by atoms with E-state index in [4.69, 9.17) is 5.73 Å². The number of benzene rings is 1. The summed E-state index contributed by atoms with van der Waals surface area (Å²) in [6.07, 6.45) is 4.73. The molecule has 0 spiro atoms. The molecule has 1 aromatic carbocycles. The van der Waals surface area contributed by atoms with Crippen LogP contribution in [-0.4, -0.2) is 12.3 Å². The van der Waals surface area contributed by atoms with Crippen molar-refractivity contribution in [2.75, 3.05) is 11.2 Å². The van der Waals surface area contributed by atoms with Crippen molar-refractivity contribution in [3.63, 3.8) is 0 Å². The van der Waals surface area contributed by atoms with E-state index in [1.54, 1.807) is 11.8 Å². The van der Waals surface area contributed by atoms with Gasteiger partial charge in [0.1, 0.15) is 0 Å². The molecule has 0 atom stereocenters. The molecule has 1 aromatic heterocycles. The van der Waals surface area contributed by atoms with Crippen molar-refractivity contribution < 1.29 is 0 Å². The molecule has 1 heterocycles. The van der Waals surface area contributed by atoms with Gasteiger partial charge in [-0.25, -0.2) is 0 Å². The number of thioether (sulfide) groups is 1. The van der Waals surface area contributed by atoms with Crippen LogP contribution >= 0.6 is 23.1 Å². The lowest BCUT2D eigenvalue weighted by atomic mass is 10.1. The molecule has 20 heavy (non-hydrogen) atoms. The molecule has 106 valence electrons. The Morgan fingerprint density at radius 1 is 1.30 bits per heavy atom. The van der Waals surface area contributed by atoms with Gasteiger partial charge in [-0.3, -0.25) is 0 Å². The van der Waals surface area contributed by atoms with Crippen molar-refractivity contribution in [2.45, 2.75) is 36.9 Å². The Morgan fingerprint density at radius 3 is 2.75 bits per heavy atom. The molecular formula is C16H20N2S2. The van der Waals surface area contributed by atoms with E-state index >= 15 is 0 Å². The van der Waals surface area contributed by atoms with E-state index in [1.807, 2.05) is 11.3 Å². The average molecular weight is 304 g/mol. The van der Waals surface area contributed by atoms with Gasteiger partial charge in [-0.2, -0.15) is 0 Å². The summed E-state index contributed by atoms with van der Waals surface area (Å²) in [7, 11) is 0. The minimum absolute atomic E-state index is 0.611. The highest BCUT2D eigenvalue weighted by molar-refractivity contribution is 7.98. The van der Waals surface area contributed by atoms with Crippen molar-refractivity contribution in [1.82, 2.24) is 0 Å². The van der Waals surface area contributed by atoms with Crippen molar-refractivity contribution in [2.24, 2.45) is 5.73 Å². The SMILES string of the molecule is CSc1cccc(N(Cc2cccs2)C2CC2)c1CN. The molecule has 0 unspecified atom stereocenters. The maximum atomic E-state index is 6.02. The number of nitrogens with zero attached hydrogens (tertiary/aromatic N) is 1. The summed E-state index contributed by atoms with van der Waals surface area (Å²) < 4.78 is 0. The van der Waals surface area contributed by atoms with Crippen LogP contribution in [0.1, 0.15) is 23.3 Å². The second-order valence-corrected chi connectivity index (χ2v) is 6.98. The third-order valence-corrected chi connectivity index (χ3v) is 5.42. The molecule has 1 fully saturated rings. The van der Waals surface area contributed by atoms with E-state index < -0.39 is 0 Å². The number of nitrogens with two attached hydrogens (primary N) is 1. The smallest absolute Gasteiger partial charge is 0.0526 e. The molecule has 2 aromatic rings. The lowest BCUT2D eigenvalue weighted by molar-refractivity contribution is 0.790. The second-order valence-electron chi connectivity index (χ2n) is 5.10. The number of anilines is 1. The summed E-state index contributed by atoms with van der Waals surface area (Å²) in [5.41, 5.74) is 8.65.